The molecule has 1 heterocycles. The average molecular weight is 490 g/mol. The maximum atomic E-state index is 13.4. The van der Waals surface area contributed by atoms with Crippen LogP contribution in [0.15, 0.2) is 78.9 Å². The van der Waals surface area contributed by atoms with E-state index in [1.165, 1.54) is 29.2 Å². The van der Waals surface area contributed by atoms with E-state index in [2.05, 4.69) is 10.6 Å². The van der Waals surface area contributed by atoms with E-state index in [1.807, 2.05) is 44.2 Å². The van der Waals surface area contributed by atoms with E-state index in [0.29, 0.717) is 23.4 Å². The van der Waals surface area contributed by atoms with Crippen LogP contribution < -0.4 is 10.6 Å². The van der Waals surface area contributed by atoms with E-state index < -0.39 is 30.0 Å². The number of amides is 3. The Kier molecular flexibility index (Phi) is 7.63. The lowest BCUT2D eigenvalue weighted by molar-refractivity contribution is -0.121. The van der Waals surface area contributed by atoms with Gasteiger partial charge in [0.05, 0.1) is 6.54 Å². The molecule has 3 aromatic carbocycles. The molecule has 2 atom stereocenters. The van der Waals surface area contributed by atoms with Gasteiger partial charge in [0.2, 0.25) is 5.91 Å². The van der Waals surface area contributed by atoms with Crippen LogP contribution in [-0.4, -0.2) is 28.8 Å². The van der Waals surface area contributed by atoms with Gasteiger partial charge in [-0.05, 0) is 53.4 Å². The van der Waals surface area contributed by atoms with Gasteiger partial charge in [0.15, 0.2) is 12.1 Å². The quantitative estimate of drug-likeness (QED) is 0.437. The average Bonchev–Trinajstić information content (AvgIpc) is 3.17. The van der Waals surface area contributed by atoms with E-state index >= 15 is 0 Å². The summed E-state index contributed by atoms with van der Waals surface area (Å²) < 4.78 is 19.0. The fourth-order valence-corrected chi connectivity index (χ4v) is 4.08. The summed E-state index contributed by atoms with van der Waals surface area (Å²) in [4.78, 5) is 39.8. The molecular formula is C28H28FN3O4. The highest BCUT2D eigenvalue weighted by Crippen LogP contribution is 2.35. The number of cyclic esters (lactones) is 1. The second-order valence-corrected chi connectivity index (χ2v) is 9.13. The number of nitrogens with one attached hydrogen (secondary N) is 2. The van der Waals surface area contributed by atoms with Crippen LogP contribution in [-0.2, 0) is 20.9 Å². The number of anilines is 2. The van der Waals surface area contributed by atoms with Crippen LogP contribution in [0.5, 0.6) is 0 Å². The van der Waals surface area contributed by atoms with Crippen LogP contribution in [0.4, 0.5) is 20.6 Å². The van der Waals surface area contributed by atoms with E-state index in [1.54, 1.807) is 24.3 Å². The lowest BCUT2D eigenvalue weighted by Crippen LogP contribution is -2.43. The van der Waals surface area contributed by atoms with Crippen LogP contribution in [0.2, 0.25) is 0 Å². The fourth-order valence-electron chi connectivity index (χ4n) is 4.08. The SMILES string of the molecule is CC(C)CC(=O)Nc1ccc([C@@H]2OC(=O)N(Cc3ccccc3)[C@@H]2C(=O)Nc2ccc(F)cc2)cc1. The van der Waals surface area contributed by atoms with Gasteiger partial charge in [0, 0.05) is 17.8 Å². The standard InChI is InChI=1S/C28H28FN3O4/c1-18(2)16-24(33)30-22-12-8-20(9-13-22)26-25(27(34)31-23-14-10-21(29)11-15-23)32(28(35)36-26)17-19-6-4-3-5-7-19/h3-15,18,25-26H,16-17H2,1-2H3,(H,30,33)(H,31,34)/t25-,26-/m0/s1. The topological polar surface area (TPSA) is 87.7 Å². The molecule has 2 N–H and O–H groups in total. The van der Waals surface area contributed by atoms with Crippen molar-refractivity contribution >= 4 is 29.3 Å². The number of hydrogen-bond donors (Lipinski definition) is 2. The largest absolute Gasteiger partial charge is 0.438 e. The molecule has 4 rings (SSSR count). The monoisotopic (exact) mass is 489 g/mol. The van der Waals surface area contributed by atoms with Gasteiger partial charge < -0.3 is 15.4 Å². The molecular weight excluding hydrogens is 461 g/mol. The molecule has 0 aromatic heterocycles. The number of nitrogens with zero attached hydrogens (tertiary/aromatic N) is 1. The fraction of sp³-hybridized carbons (Fsp3) is 0.250. The third-order valence-electron chi connectivity index (χ3n) is 5.78. The molecule has 0 spiro atoms. The van der Waals surface area contributed by atoms with E-state index in [9.17, 15) is 18.8 Å². The van der Waals surface area contributed by atoms with Crippen LogP contribution in [0.1, 0.15) is 37.5 Å². The van der Waals surface area contributed by atoms with Gasteiger partial charge in [0.1, 0.15) is 5.82 Å². The molecule has 1 fully saturated rings. The van der Waals surface area contributed by atoms with Crippen molar-refractivity contribution < 1.29 is 23.5 Å². The minimum absolute atomic E-state index is 0.0874. The van der Waals surface area contributed by atoms with Crippen molar-refractivity contribution in [2.45, 2.75) is 39.0 Å². The van der Waals surface area contributed by atoms with Gasteiger partial charge in [-0.25, -0.2) is 9.18 Å². The van der Waals surface area contributed by atoms with E-state index in [0.717, 1.165) is 5.56 Å². The maximum Gasteiger partial charge on any atom is 0.411 e. The van der Waals surface area contributed by atoms with Crippen LogP contribution in [0, 0.1) is 11.7 Å². The number of hydrogen-bond acceptors (Lipinski definition) is 4. The summed E-state index contributed by atoms with van der Waals surface area (Å²) >= 11 is 0. The van der Waals surface area contributed by atoms with Crippen molar-refractivity contribution in [3.63, 3.8) is 0 Å². The zero-order valence-corrected chi connectivity index (χ0v) is 20.1. The molecule has 3 amide bonds. The van der Waals surface area contributed by atoms with Crippen molar-refractivity contribution in [3.8, 4) is 0 Å². The highest BCUT2D eigenvalue weighted by Gasteiger charge is 2.47. The summed E-state index contributed by atoms with van der Waals surface area (Å²) in [5, 5.41) is 5.61. The highest BCUT2D eigenvalue weighted by molar-refractivity contribution is 5.98. The van der Waals surface area contributed by atoms with Gasteiger partial charge in [-0.3, -0.25) is 14.5 Å². The van der Waals surface area contributed by atoms with Crippen LogP contribution in [0.3, 0.4) is 0 Å². The third-order valence-corrected chi connectivity index (χ3v) is 5.78. The lowest BCUT2D eigenvalue weighted by Gasteiger charge is -2.24. The Morgan fingerprint density at radius 3 is 2.17 bits per heavy atom. The Balaban J connectivity index is 1.58. The van der Waals surface area contributed by atoms with Gasteiger partial charge in [-0.2, -0.15) is 0 Å². The van der Waals surface area contributed by atoms with Gasteiger partial charge >= 0.3 is 6.09 Å². The van der Waals surface area contributed by atoms with Crippen molar-refractivity contribution in [2.24, 2.45) is 5.92 Å². The Hall–Kier alpha value is -4.20. The first kappa shape index (κ1) is 24.9. The molecule has 0 bridgehead atoms. The first-order valence-electron chi connectivity index (χ1n) is 11.8. The second-order valence-electron chi connectivity index (χ2n) is 9.13. The Morgan fingerprint density at radius 2 is 1.53 bits per heavy atom. The molecule has 0 aliphatic carbocycles. The molecule has 1 saturated heterocycles. The first-order valence-corrected chi connectivity index (χ1v) is 11.8. The summed E-state index contributed by atoms with van der Waals surface area (Å²) in [6, 6.07) is 20.6. The molecule has 0 radical (unpaired) electrons. The molecule has 7 nitrogen and oxygen atoms in total. The van der Waals surface area contributed by atoms with Crippen molar-refractivity contribution in [3.05, 3.63) is 95.8 Å². The first-order chi connectivity index (χ1) is 17.3. The smallest absolute Gasteiger partial charge is 0.411 e. The van der Waals surface area contributed by atoms with Crippen molar-refractivity contribution in [1.82, 2.24) is 4.90 Å². The number of rotatable bonds is 8. The molecule has 3 aromatic rings. The number of halogens is 1. The second kappa shape index (κ2) is 11.0. The number of carbonyl (C=O) groups excluding carboxylic acids is 3. The predicted octanol–water partition coefficient (Wildman–Crippen LogP) is 5.51. The molecule has 8 heteroatoms. The van der Waals surface area contributed by atoms with E-state index in [-0.39, 0.29) is 18.4 Å². The number of carbonyl (C=O) groups is 3. The molecule has 0 saturated carbocycles. The van der Waals surface area contributed by atoms with E-state index in [4.69, 9.17) is 4.74 Å². The molecule has 0 unspecified atom stereocenters. The zero-order valence-electron chi connectivity index (χ0n) is 20.1. The van der Waals surface area contributed by atoms with Gasteiger partial charge in [-0.1, -0.05) is 56.3 Å². The number of ether oxygens (including phenoxy) is 1. The Bertz CT molecular complexity index is 1210. The molecule has 1 aliphatic rings. The van der Waals surface area contributed by atoms with Gasteiger partial charge in [-0.15, -0.1) is 0 Å². The highest BCUT2D eigenvalue weighted by atomic mass is 19.1. The zero-order chi connectivity index (χ0) is 25.7. The lowest BCUT2D eigenvalue weighted by atomic mass is 10.00. The molecule has 186 valence electrons. The van der Waals surface area contributed by atoms with Crippen LogP contribution >= 0.6 is 0 Å². The predicted molar refractivity (Wildman–Crippen MR) is 135 cm³/mol. The van der Waals surface area contributed by atoms with Crippen molar-refractivity contribution in [2.75, 3.05) is 10.6 Å². The Morgan fingerprint density at radius 1 is 0.917 bits per heavy atom. The summed E-state index contributed by atoms with van der Waals surface area (Å²) in [6.07, 6.45) is -1.08. The molecule has 1 aliphatic heterocycles. The normalized spacial score (nSPS) is 17.1. The summed E-state index contributed by atoms with van der Waals surface area (Å²) in [5.74, 6) is -0.729. The van der Waals surface area contributed by atoms with Gasteiger partial charge in [0.25, 0.3) is 5.91 Å². The number of benzene rings is 3. The minimum Gasteiger partial charge on any atom is -0.438 e. The summed E-state index contributed by atoms with van der Waals surface area (Å²) in [7, 11) is 0. The van der Waals surface area contributed by atoms with Crippen molar-refractivity contribution in [1.29, 1.82) is 0 Å². The minimum atomic E-state index is -0.968. The van der Waals surface area contributed by atoms with Crippen LogP contribution in [0.25, 0.3) is 0 Å². The Labute approximate surface area is 209 Å². The third kappa shape index (κ3) is 6.07. The summed E-state index contributed by atoms with van der Waals surface area (Å²) in [6.45, 7) is 4.12. The summed E-state index contributed by atoms with van der Waals surface area (Å²) in [5.41, 5.74) is 2.47. The molecule has 36 heavy (non-hydrogen) atoms. The maximum absolute atomic E-state index is 13.4.